The summed E-state index contributed by atoms with van der Waals surface area (Å²) >= 11 is 0. The van der Waals surface area contributed by atoms with Crippen LogP contribution in [0.2, 0.25) is 0 Å². The van der Waals surface area contributed by atoms with Gasteiger partial charge >= 0.3 is 0 Å². The molecule has 1 aromatic rings. The van der Waals surface area contributed by atoms with Crippen LogP contribution in [-0.4, -0.2) is 23.7 Å². The van der Waals surface area contributed by atoms with E-state index in [0.717, 1.165) is 0 Å². The number of nitrogens with one attached hydrogen (secondary N) is 1. The molecule has 0 aliphatic carbocycles. The molecular weight excluding hydrogens is 221 g/mol. The van der Waals surface area contributed by atoms with Crippen molar-refractivity contribution in [3.63, 3.8) is 0 Å². The van der Waals surface area contributed by atoms with Crippen molar-refractivity contribution >= 4 is 5.91 Å². The fraction of sp³-hybridized carbons (Fsp3) is 0.462. The van der Waals surface area contributed by atoms with E-state index in [4.69, 9.17) is 5.11 Å². The number of carbonyl (C=O) groups excluding carboxylic acids is 1. The number of amides is 1. The number of hydrogen-bond donors (Lipinski definition) is 2. The van der Waals surface area contributed by atoms with Gasteiger partial charge in [-0.3, -0.25) is 4.79 Å². The molecule has 94 valence electrons. The highest BCUT2D eigenvalue weighted by molar-refractivity contribution is 5.94. The van der Waals surface area contributed by atoms with E-state index in [9.17, 15) is 9.18 Å². The van der Waals surface area contributed by atoms with E-state index < -0.39 is 11.7 Å². The van der Waals surface area contributed by atoms with E-state index >= 15 is 0 Å². The fourth-order valence-corrected chi connectivity index (χ4v) is 1.49. The SMILES string of the molecule is Cc1cccc(C(=O)N[C@H](CO)C(C)C)c1F. The Morgan fingerprint density at radius 1 is 1.47 bits per heavy atom. The van der Waals surface area contributed by atoms with E-state index in [-0.39, 0.29) is 24.1 Å². The van der Waals surface area contributed by atoms with Crippen molar-refractivity contribution in [2.75, 3.05) is 6.61 Å². The lowest BCUT2D eigenvalue weighted by atomic mass is 10.0. The molecule has 0 spiro atoms. The van der Waals surface area contributed by atoms with Gasteiger partial charge in [0.25, 0.3) is 5.91 Å². The topological polar surface area (TPSA) is 49.3 Å². The van der Waals surface area contributed by atoms with Crippen molar-refractivity contribution in [2.24, 2.45) is 5.92 Å². The van der Waals surface area contributed by atoms with Crippen LogP contribution in [0.15, 0.2) is 18.2 Å². The number of benzene rings is 1. The second-order valence-corrected chi connectivity index (χ2v) is 4.44. The summed E-state index contributed by atoms with van der Waals surface area (Å²) in [6.07, 6.45) is 0. The Bertz CT molecular complexity index is 404. The minimum absolute atomic E-state index is 0.0177. The first kappa shape index (κ1) is 13.6. The largest absolute Gasteiger partial charge is 0.394 e. The van der Waals surface area contributed by atoms with Crippen molar-refractivity contribution in [2.45, 2.75) is 26.8 Å². The first-order valence-corrected chi connectivity index (χ1v) is 5.64. The van der Waals surface area contributed by atoms with Gasteiger partial charge in [0.2, 0.25) is 0 Å². The molecule has 0 aliphatic heterocycles. The summed E-state index contributed by atoms with van der Waals surface area (Å²) < 4.78 is 13.7. The molecule has 1 aromatic carbocycles. The second kappa shape index (κ2) is 5.77. The average Bonchev–Trinajstić information content (AvgIpc) is 2.28. The van der Waals surface area contributed by atoms with Gasteiger partial charge in [-0.15, -0.1) is 0 Å². The van der Waals surface area contributed by atoms with Crippen LogP contribution in [0.25, 0.3) is 0 Å². The van der Waals surface area contributed by atoms with Crippen LogP contribution in [0.3, 0.4) is 0 Å². The Labute approximate surface area is 101 Å². The maximum Gasteiger partial charge on any atom is 0.254 e. The third kappa shape index (κ3) is 3.27. The first-order chi connectivity index (χ1) is 7.97. The van der Waals surface area contributed by atoms with E-state index in [1.54, 1.807) is 19.1 Å². The summed E-state index contributed by atoms with van der Waals surface area (Å²) in [6, 6.07) is 4.32. The molecule has 0 radical (unpaired) electrons. The average molecular weight is 239 g/mol. The van der Waals surface area contributed by atoms with Crippen LogP contribution < -0.4 is 5.32 Å². The van der Waals surface area contributed by atoms with E-state index in [1.807, 2.05) is 13.8 Å². The molecule has 17 heavy (non-hydrogen) atoms. The molecule has 1 rings (SSSR count). The molecule has 0 bridgehead atoms. The molecule has 0 saturated carbocycles. The molecule has 0 fully saturated rings. The summed E-state index contributed by atoms with van der Waals surface area (Å²) in [5, 5.41) is 11.7. The van der Waals surface area contributed by atoms with Crippen LogP contribution in [0.5, 0.6) is 0 Å². The number of hydrogen-bond acceptors (Lipinski definition) is 2. The highest BCUT2D eigenvalue weighted by atomic mass is 19.1. The molecular formula is C13H18FNO2. The third-order valence-electron chi connectivity index (χ3n) is 2.75. The summed E-state index contributed by atoms with van der Waals surface area (Å²) in [4.78, 5) is 11.8. The minimum Gasteiger partial charge on any atom is -0.394 e. The fourth-order valence-electron chi connectivity index (χ4n) is 1.49. The minimum atomic E-state index is -0.509. The molecule has 1 atom stereocenters. The lowest BCUT2D eigenvalue weighted by Crippen LogP contribution is -2.41. The zero-order valence-electron chi connectivity index (χ0n) is 10.3. The molecule has 3 nitrogen and oxygen atoms in total. The third-order valence-corrected chi connectivity index (χ3v) is 2.75. The molecule has 0 saturated heterocycles. The summed E-state index contributed by atoms with van der Waals surface area (Å²) in [7, 11) is 0. The van der Waals surface area contributed by atoms with Gasteiger partial charge in [-0.1, -0.05) is 26.0 Å². The highest BCUT2D eigenvalue weighted by Gasteiger charge is 2.18. The molecule has 1 amide bonds. The second-order valence-electron chi connectivity index (χ2n) is 4.44. The number of aliphatic hydroxyl groups is 1. The van der Waals surface area contributed by atoms with E-state index in [2.05, 4.69) is 5.32 Å². The lowest BCUT2D eigenvalue weighted by Gasteiger charge is -2.20. The predicted molar refractivity (Wildman–Crippen MR) is 64.3 cm³/mol. The maximum atomic E-state index is 13.7. The van der Waals surface area contributed by atoms with Crippen LogP contribution in [0, 0.1) is 18.7 Å². The van der Waals surface area contributed by atoms with Crippen molar-refractivity contribution in [3.8, 4) is 0 Å². The summed E-state index contributed by atoms with van der Waals surface area (Å²) in [5.74, 6) is -0.902. The van der Waals surface area contributed by atoms with Crippen molar-refractivity contribution in [1.29, 1.82) is 0 Å². The van der Waals surface area contributed by atoms with Crippen molar-refractivity contribution in [3.05, 3.63) is 35.1 Å². The zero-order valence-corrected chi connectivity index (χ0v) is 10.3. The zero-order chi connectivity index (χ0) is 13.0. The Balaban J connectivity index is 2.86. The molecule has 0 aliphatic rings. The number of halogens is 1. The maximum absolute atomic E-state index is 13.7. The smallest absolute Gasteiger partial charge is 0.254 e. The highest BCUT2D eigenvalue weighted by Crippen LogP contribution is 2.12. The summed E-state index contributed by atoms with van der Waals surface area (Å²) in [5.41, 5.74) is 0.451. The Morgan fingerprint density at radius 3 is 2.65 bits per heavy atom. The molecule has 0 aromatic heterocycles. The van der Waals surface area contributed by atoms with Gasteiger partial charge in [0, 0.05) is 0 Å². The van der Waals surface area contributed by atoms with Crippen molar-refractivity contribution in [1.82, 2.24) is 5.32 Å². The lowest BCUT2D eigenvalue weighted by molar-refractivity contribution is 0.0892. The van der Waals surface area contributed by atoms with E-state index in [0.29, 0.717) is 5.56 Å². The Morgan fingerprint density at radius 2 is 2.12 bits per heavy atom. The van der Waals surface area contributed by atoms with Gasteiger partial charge in [-0.25, -0.2) is 4.39 Å². The van der Waals surface area contributed by atoms with Crippen LogP contribution in [0.4, 0.5) is 4.39 Å². The monoisotopic (exact) mass is 239 g/mol. The number of aryl methyl sites for hydroxylation is 1. The number of aliphatic hydroxyl groups excluding tert-OH is 1. The van der Waals surface area contributed by atoms with Gasteiger partial charge < -0.3 is 10.4 Å². The summed E-state index contributed by atoms with van der Waals surface area (Å²) in [6.45, 7) is 5.22. The molecule has 4 heteroatoms. The Kier molecular flexibility index (Phi) is 4.63. The van der Waals surface area contributed by atoms with E-state index in [1.165, 1.54) is 6.07 Å². The van der Waals surface area contributed by atoms with Gasteiger partial charge in [-0.05, 0) is 24.5 Å². The molecule has 0 unspecified atom stereocenters. The molecule has 0 heterocycles. The van der Waals surface area contributed by atoms with Gasteiger partial charge in [0.1, 0.15) is 5.82 Å². The Hall–Kier alpha value is -1.42. The molecule has 2 N–H and O–H groups in total. The number of carbonyl (C=O) groups is 1. The predicted octanol–water partition coefficient (Wildman–Crippen LogP) is 1.88. The first-order valence-electron chi connectivity index (χ1n) is 5.64. The van der Waals surface area contributed by atoms with Gasteiger partial charge in [0.15, 0.2) is 0 Å². The van der Waals surface area contributed by atoms with Gasteiger partial charge in [-0.2, -0.15) is 0 Å². The van der Waals surface area contributed by atoms with Crippen LogP contribution >= 0.6 is 0 Å². The quantitative estimate of drug-likeness (QED) is 0.842. The number of rotatable bonds is 4. The standard InChI is InChI=1S/C13H18FNO2/c1-8(2)11(7-16)15-13(17)10-6-4-5-9(3)12(10)14/h4-6,8,11,16H,7H2,1-3H3,(H,15,17)/t11-/m1/s1. The van der Waals surface area contributed by atoms with Gasteiger partial charge in [0.05, 0.1) is 18.2 Å². The van der Waals surface area contributed by atoms with Crippen molar-refractivity contribution < 1.29 is 14.3 Å². The van der Waals surface area contributed by atoms with Crippen LogP contribution in [-0.2, 0) is 0 Å². The normalized spacial score (nSPS) is 12.6. The van der Waals surface area contributed by atoms with Crippen LogP contribution in [0.1, 0.15) is 29.8 Å².